The van der Waals surface area contributed by atoms with Gasteiger partial charge in [0.25, 0.3) is 0 Å². The highest BCUT2D eigenvalue weighted by Gasteiger charge is 2.26. The topological polar surface area (TPSA) is 113 Å². The van der Waals surface area contributed by atoms with Crippen LogP contribution in [-0.4, -0.2) is 53.8 Å². The number of carbonyl (C=O) groups is 1. The monoisotopic (exact) mass is 376 g/mol. The Hall–Kier alpha value is -3.62. The lowest BCUT2D eigenvalue weighted by atomic mass is 9.93. The van der Waals surface area contributed by atoms with Crippen molar-refractivity contribution in [1.82, 2.24) is 34.8 Å². The minimum atomic E-state index is 0.00299. The van der Waals surface area contributed by atoms with Gasteiger partial charge in [0.1, 0.15) is 0 Å². The Kier molecular flexibility index (Phi) is 5.32. The first-order valence-electron chi connectivity index (χ1n) is 9.10. The molecule has 0 radical (unpaired) electrons. The first kappa shape index (κ1) is 17.8. The van der Waals surface area contributed by atoms with E-state index in [4.69, 9.17) is 0 Å². The second-order valence-corrected chi connectivity index (χ2v) is 6.43. The normalized spacial score (nSPS) is 15.1. The Morgan fingerprint density at radius 1 is 1.11 bits per heavy atom. The molecule has 1 amide bonds. The molecule has 142 valence electrons. The van der Waals surface area contributed by atoms with E-state index in [9.17, 15) is 4.79 Å². The average Bonchev–Trinajstić information content (AvgIpc) is 3.27. The highest BCUT2D eigenvalue weighted by Crippen LogP contribution is 2.31. The van der Waals surface area contributed by atoms with E-state index < -0.39 is 0 Å². The lowest BCUT2D eigenvalue weighted by Crippen LogP contribution is -2.37. The molecule has 1 fully saturated rings. The predicted molar refractivity (Wildman–Crippen MR) is 104 cm³/mol. The van der Waals surface area contributed by atoms with Crippen LogP contribution in [0.5, 0.6) is 0 Å². The van der Waals surface area contributed by atoms with Crippen LogP contribution in [0.1, 0.15) is 30.1 Å². The summed E-state index contributed by atoms with van der Waals surface area (Å²) in [6.07, 6.45) is 14.9. The van der Waals surface area contributed by atoms with Gasteiger partial charge in [0, 0.05) is 49.9 Å². The number of carbonyl (C=O) groups excluding carboxylic acids is 1. The van der Waals surface area contributed by atoms with Crippen molar-refractivity contribution in [2.24, 2.45) is 0 Å². The molecule has 9 heteroatoms. The molecule has 3 aromatic rings. The fourth-order valence-corrected chi connectivity index (χ4v) is 3.21. The molecule has 0 aliphatic carbocycles. The summed E-state index contributed by atoms with van der Waals surface area (Å²) < 4.78 is 0. The van der Waals surface area contributed by atoms with Crippen molar-refractivity contribution in [3.05, 3.63) is 60.8 Å². The summed E-state index contributed by atoms with van der Waals surface area (Å²) in [6, 6.07) is 1.76. The first-order valence-corrected chi connectivity index (χ1v) is 9.10. The molecule has 3 aromatic heterocycles. The Labute approximate surface area is 162 Å². The summed E-state index contributed by atoms with van der Waals surface area (Å²) in [5.41, 5.74) is 1.69. The van der Waals surface area contributed by atoms with E-state index in [0.29, 0.717) is 24.9 Å². The van der Waals surface area contributed by atoms with E-state index in [2.05, 4.69) is 35.2 Å². The number of H-pyrrole nitrogens is 1. The van der Waals surface area contributed by atoms with Gasteiger partial charge in [-0.3, -0.25) is 9.78 Å². The number of likely N-dealkylation sites (tertiary alicyclic amines) is 1. The molecule has 0 spiro atoms. The molecular weight excluding hydrogens is 356 g/mol. The van der Waals surface area contributed by atoms with E-state index in [-0.39, 0.29) is 11.8 Å². The first-order chi connectivity index (χ1) is 13.8. The molecule has 4 heterocycles. The number of piperidine rings is 1. The van der Waals surface area contributed by atoms with E-state index in [0.717, 1.165) is 24.2 Å². The smallest absolute Gasteiger partial charge is 0.246 e. The summed E-state index contributed by atoms with van der Waals surface area (Å²) in [5.74, 6) is 1.38. The van der Waals surface area contributed by atoms with Crippen molar-refractivity contribution in [1.29, 1.82) is 0 Å². The third-order valence-corrected chi connectivity index (χ3v) is 4.64. The van der Waals surface area contributed by atoms with Crippen LogP contribution >= 0.6 is 0 Å². The van der Waals surface area contributed by atoms with Gasteiger partial charge >= 0.3 is 0 Å². The molecule has 0 atom stereocenters. The molecule has 1 aliphatic heterocycles. The lowest BCUT2D eigenvalue weighted by Gasteiger charge is -2.31. The van der Waals surface area contributed by atoms with Gasteiger partial charge in [0.2, 0.25) is 11.9 Å². The van der Waals surface area contributed by atoms with Gasteiger partial charge in [0.05, 0.1) is 23.9 Å². The van der Waals surface area contributed by atoms with Crippen LogP contribution < -0.4 is 5.32 Å². The number of anilines is 2. The molecular formula is C19H20N8O. The highest BCUT2D eigenvalue weighted by atomic mass is 16.2. The number of hydrogen-bond donors (Lipinski definition) is 2. The van der Waals surface area contributed by atoms with Crippen molar-refractivity contribution in [3.8, 4) is 0 Å². The quantitative estimate of drug-likeness (QED) is 0.656. The van der Waals surface area contributed by atoms with E-state index in [1.54, 1.807) is 55.5 Å². The second-order valence-electron chi connectivity index (χ2n) is 6.43. The van der Waals surface area contributed by atoms with Crippen LogP contribution in [-0.2, 0) is 4.79 Å². The highest BCUT2D eigenvalue weighted by molar-refractivity contribution is 5.91. The maximum absolute atomic E-state index is 12.4. The summed E-state index contributed by atoms with van der Waals surface area (Å²) in [4.78, 5) is 38.4. The van der Waals surface area contributed by atoms with Gasteiger partial charge in [-0.05, 0) is 25.0 Å². The fraction of sp³-hybridized carbons (Fsp3) is 0.263. The van der Waals surface area contributed by atoms with Crippen LogP contribution in [0.4, 0.5) is 11.8 Å². The Morgan fingerprint density at radius 3 is 2.64 bits per heavy atom. The standard InChI is InChI=1S/C19H20N8O/c28-16(3-2-15-12-20-13-25-15)27-10-4-14(5-11-27)17-18(22-9-8-21-17)26-19-23-6-1-7-24-19/h1-3,6-9,12-14H,4-5,10-11H2,(H,20,25)(H,22,23,24,26)/b3-2+. The molecule has 9 nitrogen and oxygen atoms in total. The molecule has 0 aromatic carbocycles. The third-order valence-electron chi connectivity index (χ3n) is 4.64. The third kappa shape index (κ3) is 4.20. The molecule has 0 unspecified atom stereocenters. The van der Waals surface area contributed by atoms with Crippen LogP contribution in [0.15, 0.2) is 49.5 Å². The predicted octanol–water partition coefficient (Wildman–Crippen LogP) is 2.15. The minimum absolute atomic E-state index is 0.00299. The Bertz CT molecular complexity index is 934. The SMILES string of the molecule is O=C(/C=C/c1cnc[nH]1)N1CCC(c2nccnc2Nc2ncccn2)CC1. The van der Waals surface area contributed by atoms with Crippen LogP contribution in [0, 0.1) is 0 Å². The summed E-state index contributed by atoms with van der Waals surface area (Å²) >= 11 is 0. The zero-order valence-electron chi connectivity index (χ0n) is 15.2. The number of nitrogens with zero attached hydrogens (tertiary/aromatic N) is 6. The number of nitrogens with one attached hydrogen (secondary N) is 2. The molecule has 0 bridgehead atoms. The molecule has 0 saturated carbocycles. The average molecular weight is 376 g/mol. The number of rotatable bonds is 5. The van der Waals surface area contributed by atoms with Crippen LogP contribution in [0.3, 0.4) is 0 Å². The second kappa shape index (κ2) is 8.38. The van der Waals surface area contributed by atoms with Crippen LogP contribution in [0.2, 0.25) is 0 Å². The largest absolute Gasteiger partial charge is 0.345 e. The summed E-state index contributed by atoms with van der Waals surface area (Å²) in [7, 11) is 0. The number of aromatic amines is 1. The number of amides is 1. The van der Waals surface area contributed by atoms with Gasteiger partial charge in [-0.2, -0.15) is 0 Å². The Morgan fingerprint density at radius 2 is 1.89 bits per heavy atom. The molecule has 1 aliphatic rings. The number of imidazole rings is 1. The van der Waals surface area contributed by atoms with Gasteiger partial charge in [-0.15, -0.1) is 0 Å². The van der Waals surface area contributed by atoms with Gasteiger partial charge in [-0.1, -0.05) is 0 Å². The van der Waals surface area contributed by atoms with Gasteiger partial charge in [-0.25, -0.2) is 19.9 Å². The maximum Gasteiger partial charge on any atom is 0.246 e. The van der Waals surface area contributed by atoms with Crippen molar-refractivity contribution < 1.29 is 4.79 Å². The molecule has 2 N–H and O–H groups in total. The van der Waals surface area contributed by atoms with E-state index >= 15 is 0 Å². The molecule has 28 heavy (non-hydrogen) atoms. The molecule has 4 rings (SSSR count). The van der Waals surface area contributed by atoms with Crippen LogP contribution in [0.25, 0.3) is 6.08 Å². The molecule has 1 saturated heterocycles. The van der Waals surface area contributed by atoms with Gasteiger partial charge in [0.15, 0.2) is 5.82 Å². The fourth-order valence-electron chi connectivity index (χ4n) is 3.21. The van der Waals surface area contributed by atoms with Crippen molar-refractivity contribution in [2.45, 2.75) is 18.8 Å². The maximum atomic E-state index is 12.4. The van der Waals surface area contributed by atoms with Crippen molar-refractivity contribution in [2.75, 3.05) is 18.4 Å². The van der Waals surface area contributed by atoms with Crippen molar-refractivity contribution in [3.63, 3.8) is 0 Å². The minimum Gasteiger partial charge on any atom is -0.345 e. The zero-order valence-corrected chi connectivity index (χ0v) is 15.2. The van der Waals surface area contributed by atoms with Gasteiger partial charge < -0.3 is 15.2 Å². The number of hydrogen-bond acceptors (Lipinski definition) is 7. The summed E-state index contributed by atoms with van der Waals surface area (Å²) in [5, 5.41) is 3.14. The lowest BCUT2D eigenvalue weighted by molar-refractivity contribution is -0.126. The number of aromatic nitrogens is 6. The Balaban J connectivity index is 1.39. The summed E-state index contributed by atoms with van der Waals surface area (Å²) in [6.45, 7) is 1.35. The van der Waals surface area contributed by atoms with E-state index in [1.165, 1.54) is 0 Å². The van der Waals surface area contributed by atoms with Crippen molar-refractivity contribution >= 4 is 23.7 Å². The zero-order chi connectivity index (χ0) is 19.2. The van der Waals surface area contributed by atoms with E-state index in [1.807, 2.05) is 4.90 Å².